The molecule has 0 aliphatic carbocycles. The zero-order chi connectivity index (χ0) is 14.3. The second-order valence-electron chi connectivity index (χ2n) is 4.15. The Kier molecular flexibility index (Phi) is 5.42. The zero-order valence-corrected chi connectivity index (χ0v) is 11.3. The van der Waals surface area contributed by atoms with Crippen LogP contribution in [0, 0.1) is 11.3 Å². The van der Waals surface area contributed by atoms with Crippen molar-refractivity contribution in [3.63, 3.8) is 0 Å². The van der Waals surface area contributed by atoms with Gasteiger partial charge in [-0.2, -0.15) is 5.26 Å². The highest BCUT2D eigenvalue weighted by Gasteiger charge is 2.08. The van der Waals surface area contributed by atoms with Gasteiger partial charge in [-0.3, -0.25) is 4.79 Å². The molecule has 1 aromatic rings. The van der Waals surface area contributed by atoms with Gasteiger partial charge in [-0.1, -0.05) is 12.1 Å². The zero-order valence-electron chi connectivity index (χ0n) is 11.3. The van der Waals surface area contributed by atoms with E-state index in [1.165, 1.54) is 6.20 Å². The summed E-state index contributed by atoms with van der Waals surface area (Å²) in [5.74, 6) is 0.343. The number of carbonyl (C=O) groups excluding carboxylic acids is 1. The summed E-state index contributed by atoms with van der Waals surface area (Å²) in [6.07, 6.45) is 1.49. The van der Waals surface area contributed by atoms with Gasteiger partial charge in [0.05, 0.1) is 7.11 Å². The lowest BCUT2D eigenvalue weighted by Gasteiger charge is -2.08. The van der Waals surface area contributed by atoms with Crippen LogP contribution in [-0.4, -0.2) is 32.0 Å². The first-order valence-electron chi connectivity index (χ1n) is 5.76. The topological polar surface area (TPSA) is 65.4 Å². The molecular weight excluding hydrogens is 242 g/mol. The molecule has 0 radical (unpaired) electrons. The summed E-state index contributed by atoms with van der Waals surface area (Å²) in [6, 6.07) is 9.27. The van der Waals surface area contributed by atoms with Crippen LogP contribution in [0.1, 0.15) is 5.56 Å². The molecule has 5 heteroatoms. The van der Waals surface area contributed by atoms with Gasteiger partial charge in [0.1, 0.15) is 17.4 Å². The van der Waals surface area contributed by atoms with Crippen LogP contribution in [0.4, 0.5) is 0 Å². The lowest BCUT2D eigenvalue weighted by Crippen LogP contribution is -2.25. The summed E-state index contributed by atoms with van der Waals surface area (Å²) < 4.78 is 5.10. The maximum Gasteiger partial charge on any atom is 0.263 e. The van der Waals surface area contributed by atoms with Crippen molar-refractivity contribution >= 4 is 5.91 Å². The molecule has 0 fully saturated rings. The van der Waals surface area contributed by atoms with Crippen LogP contribution >= 0.6 is 0 Å². The number of benzene rings is 1. The number of rotatable bonds is 5. The molecular formula is C14H17N3O2. The molecule has 1 aromatic carbocycles. The SMILES string of the molecule is COc1cccc(CNC(=O)/C(C#N)=C\N(C)C)c1. The molecule has 19 heavy (non-hydrogen) atoms. The summed E-state index contributed by atoms with van der Waals surface area (Å²) in [5, 5.41) is 11.6. The molecule has 100 valence electrons. The monoisotopic (exact) mass is 259 g/mol. The fraction of sp³-hybridized carbons (Fsp3) is 0.286. The van der Waals surface area contributed by atoms with E-state index in [0.717, 1.165) is 11.3 Å². The van der Waals surface area contributed by atoms with Gasteiger partial charge in [-0.05, 0) is 17.7 Å². The minimum Gasteiger partial charge on any atom is -0.497 e. The minimum absolute atomic E-state index is 0.0768. The highest BCUT2D eigenvalue weighted by molar-refractivity contribution is 5.97. The molecule has 0 aromatic heterocycles. The average molecular weight is 259 g/mol. The Bertz CT molecular complexity index is 516. The number of nitrogens with zero attached hydrogens (tertiary/aromatic N) is 2. The fourth-order valence-corrected chi connectivity index (χ4v) is 1.46. The summed E-state index contributed by atoms with van der Waals surface area (Å²) in [4.78, 5) is 13.4. The third-order valence-electron chi connectivity index (χ3n) is 2.34. The van der Waals surface area contributed by atoms with E-state index in [1.54, 1.807) is 26.1 Å². The van der Waals surface area contributed by atoms with Crippen LogP contribution in [-0.2, 0) is 11.3 Å². The highest BCUT2D eigenvalue weighted by Crippen LogP contribution is 2.12. The minimum atomic E-state index is -0.390. The molecule has 0 unspecified atom stereocenters. The largest absolute Gasteiger partial charge is 0.497 e. The first-order valence-corrected chi connectivity index (χ1v) is 5.76. The Morgan fingerprint density at radius 2 is 2.26 bits per heavy atom. The van der Waals surface area contributed by atoms with Gasteiger partial charge < -0.3 is 15.0 Å². The number of hydrogen-bond donors (Lipinski definition) is 1. The predicted molar refractivity (Wildman–Crippen MR) is 72.2 cm³/mol. The number of nitrogens with one attached hydrogen (secondary N) is 1. The lowest BCUT2D eigenvalue weighted by atomic mass is 10.2. The third-order valence-corrected chi connectivity index (χ3v) is 2.34. The summed E-state index contributed by atoms with van der Waals surface area (Å²) in [7, 11) is 5.10. The third kappa shape index (κ3) is 4.72. The first-order chi connectivity index (χ1) is 9.06. The van der Waals surface area contributed by atoms with Crippen molar-refractivity contribution in [2.24, 2.45) is 0 Å². The molecule has 0 bridgehead atoms. The number of carbonyl (C=O) groups is 1. The quantitative estimate of drug-likeness (QED) is 0.639. The normalized spacial score (nSPS) is 10.5. The van der Waals surface area contributed by atoms with Crippen molar-refractivity contribution in [3.8, 4) is 11.8 Å². The Hall–Kier alpha value is -2.48. The van der Waals surface area contributed by atoms with Crippen molar-refractivity contribution in [2.45, 2.75) is 6.54 Å². The molecule has 5 nitrogen and oxygen atoms in total. The predicted octanol–water partition coefficient (Wildman–Crippen LogP) is 1.28. The van der Waals surface area contributed by atoms with Crippen LogP contribution in [0.3, 0.4) is 0 Å². The smallest absolute Gasteiger partial charge is 0.263 e. The van der Waals surface area contributed by atoms with Gasteiger partial charge in [-0.25, -0.2) is 0 Å². The van der Waals surface area contributed by atoms with Crippen molar-refractivity contribution < 1.29 is 9.53 Å². The molecule has 0 spiro atoms. The Labute approximate surface area is 113 Å². The average Bonchev–Trinajstić information content (AvgIpc) is 2.42. The summed E-state index contributed by atoms with van der Waals surface area (Å²) >= 11 is 0. The van der Waals surface area contributed by atoms with E-state index in [1.807, 2.05) is 30.3 Å². The van der Waals surface area contributed by atoms with E-state index in [2.05, 4.69) is 5.32 Å². The molecule has 1 amide bonds. The number of methoxy groups -OCH3 is 1. The standard InChI is InChI=1S/C14H17N3O2/c1-17(2)10-12(8-15)14(18)16-9-11-5-4-6-13(7-11)19-3/h4-7,10H,9H2,1-3H3,(H,16,18)/b12-10-. The van der Waals surface area contributed by atoms with E-state index in [-0.39, 0.29) is 11.5 Å². The maximum absolute atomic E-state index is 11.8. The maximum atomic E-state index is 11.8. The second kappa shape index (κ2) is 7.07. The molecule has 0 heterocycles. The van der Waals surface area contributed by atoms with Gasteiger partial charge >= 0.3 is 0 Å². The summed E-state index contributed by atoms with van der Waals surface area (Å²) in [6.45, 7) is 0.350. The molecule has 1 N–H and O–H groups in total. The molecule has 0 atom stereocenters. The molecule has 0 saturated carbocycles. The van der Waals surface area contributed by atoms with Gasteiger partial charge in [0.15, 0.2) is 0 Å². The van der Waals surface area contributed by atoms with Gasteiger partial charge in [0.2, 0.25) is 0 Å². The number of nitriles is 1. The first kappa shape index (κ1) is 14.6. The number of hydrogen-bond acceptors (Lipinski definition) is 4. The van der Waals surface area contributed by atoms with Gasteiger partial charge in [0.25, 0.3) is 5.91 Å². The van der Waals surface area contributed by atoms with Crippen molar-refractivity contribution in [3.05, 3.63) is 41.6 Å². The van der Waals surface area contributed by atoms with Crippen LogP contribution in [0.5, 0.6) is 5.75 Å². The van der Waals surface area contributed by atoms with Crippen molar-refractivity contribution in [1.29, 1.82) is 5.26 Å². The van der Waals surface area contributed by atoms with Gasteiger partial charge in [-0.15, -0.1) is 0 Å². The van der Waals surface area contributed by atoms with E-state index in [0.29, 0.717) is 6.54 Å². The summed E-state index contributed by atoms with van der Waals surface area (Å²) in [5.41, 5.74) is 0.989. The number of ether oxygens (including phenoxy) is 1. The molecule has 0 aliphatic heterocycles. The Balaban J connectivity index is 2.66. The highest BCUT2D eigenvalue weighted by atomic mass is 16.5. The lowest BCUT2D eigenvalue weighted by molar-refractivity contribution is -0.117. The van der Waals surface area contributed by atoms with E-state index < -0.39 is 0 Å². The Morgan fingerprint density at radius 3 is 2.84 bits per heavy atom. The molecule has 0 aliphatic rings. The van der Waals surface area contributed by atoms with Crippen LogP contribution in [0.2, 0.25) is 0 Å². The molecule has 0 saturated heterocycles. The van der Waals surface area contributed by atoms with E-state index in [4.69, 9.17) is 10.00 Å². The fourth-order valence-electron chi connectivity index (χ4n) is 1.46. The van der Waals surface area contributed by atoms with Crippen molar-refractivity contribution in [1.82, 2.24) is 10.2 Å². The van der Waals surface area contributed by atoms with Crippen molar-refractivity contribution in [2.75, 3.05) is 21.2 Å². The second-order valence-corrected chi connectivity index (χ2v) is 4.15. The van der Waals surface area contributed by atoms with E-state index >= 15 is 0 Å². The van der Waals surface area contributed by atoms with Crippen LogP contribution < -0.4 is 10.1 Å². The van der Waals surface area contributed by atoms with Crippen LogP contribution in [0.25, 0.3) is 0 Å². The molecule has 1 rings (SSSR count). The Morgan fingerprint density at radius 1 is 1.53 bits per heavy atom. The van der Waals surface area contributed by atoms with E-state index in [9.17, 15) is 4.79 Å². The van der Waals surface area contributed by atoms with Crippen LogP contribution in [0.15, 0.2) is 36.0 Å². The van der Waals surface area contributed by atoms with Gasteiger partial charge in [0, 0.05) is 26.8 Å². The number of amides is 1.